The van der Waals surface area contributed by atoms with E-state index < -0.39 is 17.5 Å². The van der Waals surface area contributed by atoms with Gasteiger partial charge in [-0.05, 0) is 12.8 Å². The first-order valence-corrected chi connectivity index (χ1v) is 6.09. The lowest BCUT2D eigenvalue weighted by molar-refractivity contribution is -0.154. The van der Waals surface area contributed by atoms with Crippen molar-refractivity contribution in [2.45, 2.75) is 24.4 Å². The van der Waals surface area contributed by atoms with E-state index in [2.05, 4.69) is 0 Å². The molecule has 18 heavy (non-hydrogen) atoms. The van der Waals surface area contributed by atoms with E-state index in [4.69, 9.17) is 20.9 Å². The fraction of sp³-hybridized carbons (Fsp3) is 0.818. The van der Waals surface area contributed by atoms with Gasteiger partial charge in [0.15, 0.2) is 0 Å². The van der Waals surface area contributed by atoms with Crippen LogP contribution >= 0.6 is 0 Å². The molecule has 0 aliphatic carbocycles. The lowest BCUT2D eigenvalue weighted by Gasteiger charge is -2.41. The molecule has 2 amide bonds. The minimum Gasteiger partial charge on any atom is -0.381 e. The van der Waals surface area contributed by atoms with Crippen molar-refractivity contribution in [1.29, 1.82) is 0 Å². The molecule has 0 spiro atoms. The molecule has 102 valence electrons. The van der Waals surface area contributed by atoms with Gasteiger partial charge in [-0.25, -0.2) is 0 Å². The van der Waals surface area contributed by atoms with Gasteiger partial charge in [-0.1, -0.05) is 0 Å². The van der Waals surface area contributed by atoms with Gasteiger partial charge in [0.25, 0.3) is 0 Å². The smallest absolute Gasteiger partial charge is 0.243 e. The number of primary amides is 1. The fourth-order valence-electron chi connectivity index (χ4n) is 2.32. The molecule has 0 bridgehead atoms. The zero-order valence-corrected chi connectivity index (χ0v) is 10.3. The van der Waals surface area contributed by atoms with Crippen LogP contribution in [0.2, 0.25) is 0 Å². The van der Waals surface area contributed by atoms with Gasteiger partial charge in [0.2, 0.25) is 11.8 Å². The van der Waals surface area contributed by atoms with Gasteiger partial charge in [0.1, 0.15) is 6.04 Å². The maximum atomic E-state index is 12.5. The normalized spacial score (nSPS) is 27.8. The van der Waals surface area contributed by atoms with Crippen molar-refractivity contribution in [2.24, 2.45) is 11.5 Å². The topological polar surface area (TPSA) is 108 Å². The molecule has 0 aromatic carbocycles. The molecule has 0 saturated carbocycles. The van der Waals surface area contributed by atoms with Gasteiger partial charge in [-0.3, -0.25) is 9.59 Å². The van der Waals surface area contributed by atoms with Crippen LogP contribution in [0.3, 0.4) is 0 Å². The highest BCUT2D eigenvalue weighted by molar-refractivity contribution is 5.91. The van der Waals surface area contributed by atoms with Crippen molar-refractivity contribution >= 4 is 11.8 Å². The van der Waals surface area contributed by atoms with Crippen LogP contribution in [-0.4, -0.2) is 61.3 Å². The van der Waals surface area contributed by atoms with E-state index in [1.54, 1.807) is 0 Å². The maximum Gasteiger partial charge on any atom is 0.243 e. The molecule has 0 aromatic heterocycles. The molecule has 0 aromatic rings. The highest BCUT2D eigenvalue weighted by atomic mass is 16.5. The number of carbonyl (C=O) groups excluding carboxylic acids is 2. The molecule has 2 aliphatic rings. The third kappa shape index (κ3) is 2.47. The minimum atomic E-state index is -0.941. The molecule has 2 rings (SSSR count). The predicted molar refractivity (Wildman–Crippen MR) is 62.5 cm³/mol. The lowest BCUT2D eigenvalue weighted by atomic mass is 9.89. The van der Waals surface area contributed by atoms with E-state index >= 15 is 0 Å². The number of rotatable bonds is 2. The van der Waals surface area contributed by atoms with Crippen molar-refractivity contribution in [3.63, 3.8) is 0 Å². The lowest BCUT2D eigenvalue weighted by Crippen LogP contribution is -2.64. The monoisotopic (exact) mass is 257 g/mol. The Balaban J connectivity index is 2.12. The number of carbonyl (C=O) groups is 2. The summed E-state index contributed by atoms with van der Waals surface area (Å²) >= 11 is 0. The number of hydrogen-bond donors (Lipinski definition) is 2. The Bertz CT molecular complexity index is 341. The van der Waals surface area contributed by atoms with Crippen LogP contribution in [0.5, 0.6) is 0 Å². The number of ether oxygens (including phenoxy) is 2. The average Bonchev–Trinajstić information content (AvgIpc) is 2.38. The molecule has 7 heteroatoms. The quantitative estimate of drug-likeness (QED) is 0.607. The summed E-state index contributed by atoms with van der Waals surface area (Å²) in [7, 11) is 0. The molecule has 1 atom stereocenters. The third-order valence-corrected chi connectivity index (χ3v) is 3.53. The number of morpholine rings is 1. The molecule has 2 fully saturated rings. The van der Waals surface area contributed by atoms with Gasteiger partial charge in [-0.2, -0.15) is 0 Å². The van der Waals surface area contributed by atoms with Crippen LogP contribution < -0.4 is 11.5 Å². The van der Waals surface area contributed by atoms with E-state index in [1.165, 1.54) is 4.90 Å². The van der Waals surface area contributed by atoms with Crippen LogP contribution in [0.1, 0.15) is 12.8 Å². The van der Waals surface area contributed by atoms with E-state index in [0.29, 0.717) is 39.2 Å². The summed E-state index contributed by atoms with van der Waals surface area (Å²) in [6.07, 6.45) is 0.934. The summed E-state index contributed by atoms with van der Waals surface area (Å²) in [5, 5.41) is 0. The van der Waals surface area contributed by atoms with Crippen molar-refractivity contribution in [3.05, 3.63) is 0 Å². The first kappa shape index (κ1) is 13.3. The molecule has 2 heterocycles. The zero-order chi connectivity index (χ0) is 13.2. The highest BCUT2D eigenvalue weighted by Gasteiger charge is 2.43. The summed E-state index contributed by atoms with van der Waals surface area (Å²) in [5.41, 5.74) is 10.5. The average molecular weight is 257 g/mol. The Morgan fingerprint density at radius 2 is 1.83 bits per heavy atom. The van der Waals surface area contributed by atoms with Crippen molar-refractivity contribution < 1.29 is 19.1 Å². The highest BCUT2D eigenvalue weighted by Crippen LogP contribution is 2.22. The number of nitrogens with zero attached hydrogens (tertiary/aromatic N) is 1. The summed E-state index contributed by atoms with van der Waals surface area (Å²) < 4.78 is 10.4. The van der Waals surface area contributed by atoms with Gasteiger partial charge >= 0.3 is 0 Å². The second kappa shape index (κ2) is 5.21. The van der Waals surface area contributed by atoms with Crippen LogP contribution in [0, 0.1) is 0 Å². The van der Waals surface area contributed by atoms with Crippen molar-refractivity contribution in [2.75, 3.05) is 33.0 Å². The Morgan fingerprint density at radius 3 is 2.44 bits per heavy atom. The van der Waals surface area contributed by atoms with Crippen LogP contribution in [0.4, 0.5) is 0 Å². The van der Waals surface area contributed by atoms with Gasteiger partial charge in [-0.15, -0.1) is 0 Å². The standard InChI is InChI=1S/C11H19N3O4/c12-9(15)8-7-18-6-3-14(8)10(16)11(13)1-4-17-5-2-11/h8H,1-7,13H2,(H2,12,15). The third-order valence-electron chi connectivity index (χ3n) is 3.53. The number of amides is 2. The van der Waals surface area contributed by atoms with Crippen molar-refractivity contribution in [3.8, 4) is 0 Å². The molecule has 7 nitrogen and oxygen atoms in total. The summed E-state index contributed by atoms with van der Waals surface area (Å²) in [6.45, 7) is 1.84. The molecular formula is C11H19N3O4. The van der Waals surface area contributed by atoms with Gasteiger partial charge in [0.05, 0.1) is 18.8 Å². The summed E-state index contributed by atoms with van der Waals surface area (Å²) in [5.74, 6) is -0.781. The molecule has 0 radical (unpaired) electrons. The second-order valence-electron chi connectivity index (χ2n) is 4.76. The Morgan fingerprint density at radius 1 is 1.17 bits per heavy atom. The fourth-order valence-corrected chi connectivity index (χ4v) is 2.32. The largest absolute Gasteiger partial charge is 0.381 e. The van der Waals surface area contributed by atoms with Gasteiger partial charge < -0.3 is 25.8 Å². The van der Waals surface area contributed by atoms with Crippen LogP contribution in [0.25, 0.3) is 0 Å². The van der Waals surface area contributed by atoms with Crippen LogP contribution in [0.15, 0.2) is 0 Å². The van der Waals surface area contributed by atoms with Crippen molar-refractivity contribution in [1.82, 2.24) is 4.90 Å². The first-order valence-electron chi connectivity index (χ1n) is 6.09. The molecule has 1 unspecified atom stereocenters. The van der Waals surface area contributed by atoms with E-state index in [9.17, 15) is 9.59 Å². The number of nitrogens with two attached hydrogens (primary N) is 2. The Kier molecular flexibility index (Phi) is 3.84. The van der Waals surface area contributed by atoms with E-state index in [-0.39, 0.29) is 12.5 Å². The molecular weight excluding hydrogens is 238 g/mol. The van der Waals surface area contributed by atoms with Crippen LogP contribution in [-0.2, 0) is 19.1 Å². The SMILES string of the molecule is NC(=O)C1COCCN1C(=O)C1(N)CCOCC1. The summed E-state index contributed by atoms with van der Waals surface area (Å²) in [4.78, 5) is 25.3. The maximum absolute atomic E-state index is 12.5. The second-order valence-corrected chi connectivity index (χ2v) is 4.76. The molecule has 4 N–H and O–H groups in total. The Labute approximate surface area is 105 Å². The Hall–Kier alpha value is -1.18. The zero-order valence-electron chi connectivity index (χ0n) is 10.3. The first-order chi connectivity index (χ1) is 8.54. The van der Waals surface area contributed by atoms with E-state index in [1.807, 2.05) is 0 Å². The summed E-state index contributed by atoms with van der Waals surface area (Å²) in [6, 6.07) is -0.713. The molecule has 2 saturated heterocycles. The molecule has 2 aliphatic heterocycles. The van der Waals surface area contributed by atoms with E-state index in [0.717, 1.165) is 0 Å². The van der Waals surface area contributed by atoms with Gasteiger partial charge in [0, 0.05) is 19.8 Å². The number of hydrogen-bond acceptors (Lipinski definition) is 5. The minimum absolute atomic E-state index is 0.146. The predicted octanol–water partition coefficient (Wildman–Crippen LogP) is -1.79.